The van der Waals surface area contributed by atoms with Gasteiger partial charge in [-0.1, -0.05) is 91.0 Å². The van der Waals surface area contributed by atoms with Crippen LogP contribution >= 0.6 is 0 Å². The van der Waals surface area contributed by atoms with Gasteiger partial charge in [0.15, 0.2) is 0 Å². The molecule has 1 N–H and O–H groups in total. The quantitative estimate of drug-likeness (QED) is 0.450. The highest BCUT2D eigenvalue weighted by Crippen LogP contribution is 2.39. The summed E-state index contributed by atoms with van der Waals surface area (Å²) in [6, 6.07) is 30.3. The lowest BCUT2D eigenvalue weighted by molar-refractivity contribution is -0.202. The molecule has 0 aliphatic carbocycles. The largest absolute Gasteiger partial charge is 0.394 e. The first-order chi connectivity index (χ1) is 17.3. The summed E-state index contributed by atoms with van der Waals surface area (Å²) >= 11 is 0. The van der Waals surface area contributed by atoms with Crippen LogP contribution in [0.25, 0.3) is 0 Å². The van der Waals surface area contributed by atoms with Gasteiger partial charge in [0.1, 0.15) is 18.3 Å². The van der Waals surface area contributed by atoms with Crippen molar-refractivity contribution in [2.75, 3.05) is 13.2 Å². The zero-order valence-corrected chi connectivity index (χ0v) is 19.8. The fourth-order valence-corrected chi connectivity index (χ4v) is 4.95. The minimum absolute atomic E-state index is 0.0121. The molecular formula is C29H33NO5. The Morgan fingerprint density at radius 1 is 0.714 bits per heavy atom. The van der Waals surface area contributed by atoms with Crippen molar-refractivity contribution in [3.8, 4) is 0 Å². The second kappa shape index (κ2) is 11.9. The normalized spacial score (nSPS) is 26.1. The van der Waals surface area contributed by atoms with Crippen LogP contribution in [0.3, 0.4) is 0 Å². The summed E-state index contributed by atoms with van der Waals surface area (Å²) in [5.74, 6) is 0. The maximum atomic E-state index is 9.79. The van der Waals surface area contributed by atoms with Crippen LogP contribution in [-0.4, -0.2) is 53.8 Å². The Bertz CT molecular complexity index is 1020. The van der Waals surface area contributed by atoms with Crippen LogP contribution < -0.4 is 0 Å². The smallest absolute Gasteiger partial charge is 0.106 e. The summed E-state index contributed by atoms with van der Waals surface area (Å²) in [6.45, 7) is 1.90. The van der Waals surface area contributed by atoms with E-state index in [9.17, 15) is 5.11 Å². The Kier molecular flexibility index (Phi) is 8.21. The average molecular weight is 476 g/mol. The van der Waals surface area contributed by atoms with Crippen LogP contribution in [-0.2, 0) is 38.9 Å². The molecule has 0 saturated carbocycles. The lowest BCUT2D eigenvalue weighted by atomic mass is 10.0. The van der Waals surface area contributed by atoms with E-state index in [1.807, 2.05) is 59.7 Å². The van der Waals surface area contributed by atoms with Gasteiger partial charge in [0.2, 0.25) is 0 Å². The van der Waals surface area contributed by atoms with Gasteiger partial charge in [-0.25, -0.2) is 0 Å². The van der Waals surface area contributed by atoms with E-state index in [1.165, 1.54) is 0 Å². The number of hydrogen-bond donors (Lipinski definition) is 1. The van der Waals surface area contributed by atoms with E-state index in [2.05, 4.69) is 36.4 Å². The maximum Gasteiger partial charge on any atom is 0.106 e. The molecule has 3 aromatic rings. The lowest BCUT2D eigenvalue weighted by Gasteiger charge is -2.28. The Morgan fingerprint density at radius 3 is 1.77 bits per heavy atom. The third kappa shape index (κ3) is 5.98. The van der Waals surface area contributed by atoms with Crippen molar-refractivity contribution < 1.29 is 24.2 Å². The van der Waals surface area contributed by atoms with Gasteiger partial charge in [-0.05, 0) is 23.1 Å². The maximum absolute atomic E-state index is 9.79. The fourth-order valence-electron chi connectivity index (χ4n) is 4.95. The van der Waals surface area contributed by atoms with Gasteiger partial charge in [0, 0.05) is 0 Å². The number of fused-ring (bicyclic) bond motifs is 1. The average Bonchev–Trinajstić information content (AvgIpc) is 3.45. The predicted molar refractivity (Wildman–Crippen MR) is 132 cm³/mol. The number of rotatable bonds is 11. The second-order valence-corrected chi connectivity index (χ2v) is 9.16. The molecule has 6 heteroatoms. The number of nitrogens with zero attached hydrogens (tertiary/aromatic N) is 1. The van der Waals surface area contributed by atoms with Gasteiger partial charge < -0.3 is 19.3 Å². The lowest BCUT2D eigenvalue weighted by Crippen LogP contribution is -2.42. The SMILES string of the molecule is OC[C@H]1C[C@H]2[C@H](OCc3ccccc3)[C@@H](OCc3ccccc3)[C@H](COCc3ccccc3)N2O1. The Balaban J connectivity index is 1.33. The number of ether oxygens (including phenoxy) is 3. The summed E-state index contributed by atoms with van der Waals surface area (Å²) in [4.78, 5) is 6.16. The van der Waals surface area contributed by atoms with Crippen LogP contribution in [0.4, 0.5) is 0 Å². The molecule has 2 heterocycles. The highest BCUT2D eigenvalue weighted by Gasteiger charge is 2.55. The minimum Gasteiger partial charge on any atom is -0.394 e. The third-order valence-electron chi connectivity index (χ3n) is 6.69. The summed E-state index contributed by atoms with van der Waals surface area (Å²) in [5, 5.41) is 11.8. The molecule has 0 bridgehead atoms. The van der Waals surface area contributed by atoms with E-state index in [4.69, 9.17) is 19.0 Å². The second-order valence-electron chi connectivity index (χ2n) is 9.16. The van der Waals surface area contributed by atoms with Crippen molar-refractivity contribution >= 4 is 0 Å². The monoisotopic (exact) mass is 475 g/mol. The molecule has 0 unspecified atom stereocenters. The van der Waals surface area contributed by atoms with Crippen molar-refractivity contribution in [3.63, 3.8) is 0 Å². The molecule has 184 valence electrons. The van der Waals surface area contributed by atoms with Crippen LogP contribution in [0.15, 0.2) is 91.0 Å². The standard InChI is InChI=1S/C29H33NO5/c31-17-25-16-26-28(33-19-23-12-6-2-7-13-23)29(34-20-24-14-8-3-9-15-24)27(30(26)35-25)21-32-18-22-10-4-1-5-11-22/h1-15,25-29,31H,16-21H2/t25-,26+,27+,28+,29+/m1/s1. The number of hydrogen-bond acceptors (Lipinski definition) is 6. The molecule has 35 heavy (non-hydrogen) atoms. The van der Waals surface area contributed by atoms with Crippen molar-refractivity contribution in [1.29, 1.82) is 0 Å². The fraction of sp³-hybridized carbons (Fsp3) is 0.379. The molecule has 2 fully saturated rings. The first kappa shape index (κ1) is 24.1. The summed E-state index contributed by atoms with van der Waals surface area (Å²) in [7, 11) is 0. The third-order valence-corrected chi connectivity index (χ3v) is 6.69. The Labute approximate surface area is 207 Å². The number of aliphatic hydroxyl groups is 1. The van der Waals surface area contributed by atoms with Gasteiger partial charge in [-0.15, -0.1) is 0 Å². The van der Waals surface area contributed by atoms with E-state index in [0.717, 1.165) is 16.7 Å². The van der Waals surface area contributed by atoms with E-state index in [1.54, 1.807) is 0 Å². The number of hydroxylamine groups is 2. The Morgan fingerprint density at radius 2 is 1.23 bits per heavy atom. The van der Waals surface area contributed by atoms with Crippen LogP contribution in [0, 0.1) is 0 Å². The van der Waals surface area contributed by atoms with Crippen LogP contribution in [0.2, 0.25) is 0 Å². The molecule has 0 spiro atoms. The number of benzene rings is 3. The van der Waals surface area contributed by atoms with E-state index < -0.39 is 0 Å². The molecule has 0 radical (unpaired) electrons. The van der Waals surface area contributed by atoms with Gasteiger partial charge in [-0.2, -0.15) is 5.06 Å². The van der Waals surface area contributed by atoms with Gasteiger partial charge in [-0.3, -0.25) is 4.84 Å². The topological polar surface area (TPSA) is 60.4 Å². The zero-order valence-electron chi connectivity index (χ0n) is 19.8. The Hall–Kier alpha value is -2.58. The summed E-state index contributed by atoms with van der Waals surface area (Å²) in [5.41, 5.74) is 3.35. The molecular weight excluding hydrogens is 442 g/mol. The predicted octanol–water partition coefficient (Wildman–Crippen LogP) is 4.12. The molecule has 6 nitrogen and oxygen atoms in total. The van der Waals surface area contributed by atoms with Crippen molar-refractivity contribution in [2.24, 2.45) is 0 Å². The molecule has 0 aromatic heterocycles. The molecule has 2 saturated heterocycles. The van der Waals surface area contributed by atoms with E-state index in [-0.39, 0.29) is 37.0 Å². The van der Waals surface area contributed by atoms with Crippen molar-refractivity contribution in [1.82, 2.24) is 5.06 Å². The highest BCUT2D eigenvalue weighted by atomic mass is 16.7. The molecule has 2 aliphatic heterocycles. The summed E-state index contributed by atoms with van der Waals surface area (Å²) < 4.78 is 19.2. The highest BCUT2D eigenvalue weighted by molar-refractivity contribution is 5.16. The molecule has 2 aliphatic rings. The van der Waals surface area contributed by atoms with E-state index in [0.29, 0.717) is 32.8 Å². The first-order valence-electron chi connectivity index (χ1n) is 12.3. The van der Waals surface area contributed by atoms with Crippen LogP contribution in [0.1, 0.15) is 23.1 Å². The summed E-state index contributed by atoms with van der Waals surface area (Å²) in [6.07, 6.45) is 0.00530. The van der Waals surface area contributed by atoms with Crippen LogP contribution in [0.5, 0.6) is 0 Å². The van der Waals surface area contributed by atoms with Crippen molar-refractivity contribution in [2.45, 2.75) is 56.6 Å². The molecule has 5 rings (SSSR count). The minimum atomic E-state index is -0.241. The zero-order chi connectivity index (χ0) is 23.9. The van der Waals surface area contributed by atoms with Gasteiger partial charge in [0.05, 0.1) is 45.1 Å². The first-order valence-corrected chi connectivity index (χ1v) is 12.3. The van der Waals surface area contributed by atoms with Gasteiger partial charge >= 0.3 is 0 Å². The van der Waals surface area contributed by atoms with E-state index >= 15 is 0 Å². The number of aliphatic hydroxyl groups excluding tert-OH is 1. The van der Waals surface area contributed by atoms with Gasteiger partial charge in [0.25, 0.3) is 0 Å². The molecule has 0 amide bonds. The van der Waals surface area contributed by atoms with Crippen molar-refractivity contribution in [3.05, 3.63) is 108 Å². The molecule has 3 aromatic carbocycles. The molecule has 5 atom stereocenters.